The molecule has 0 saturated carbocycles. The van der Waals surface area contributed by atoms with Crippen molar-refractivity contribution in [3.05, 3.63) is 22.2 Å². The molecular weight excluding hydrogens is 330 g/mol. The molecule has 1 saturated heterocycles. The molecule has 4 nitrogen and oxygen atoms in total. The van der Waals surface area contributed by atoms with E-state index in [0.29, 0.717) is 10.2 Å². The Labute approximate surface area is 122 Å². The van der Waals surface area contributed by atoms with Crippen molar-refractivity contribution < 1.29 is 13.2 Å². The third-order valence-corrected chi connectivity index (χ3v) is 5.04. The van der Waals surface area contributed by atoms with Crippen LogP contribution in [0.25, 0.3) is 0 Å². The number of piperidine rings is 1. The smallest absolute Gasteiger partial charge is 0.179 e. The Morgan fingerprint density at radius 1 is 1.37 bits per heavy atom. The molecular formula is C13H18BrNO3S. The molecule has 6 heteroatoms. The van der Waals surface area contributed by atoms with E-state index in [-0.39, 0.29) is 10.9 Å². The maximum Gasteiger partial charge on any atom is 0.179 e. The molecule has 106 valence electrons. The Kier molecular flexibility index (Phi) is 4.53. The van der Waals surface area contributed by atoms with E-state index in [0.717, 1.165) is 24.9 Å². The highest BCUT2D eigenvalue weighted by Gasteiger charge is 2.22. The highest BCUT2D eigenvalue weighted by molar-refractivity contribution is 9.10. The second kappa shape index (κ2) is 5.81. The van der Waals surface area contributed by atoms with Crippen LogP contribution in [0.4, 0.5) is 0 Å². The maximum atomic E-state index is 11.9. The molecule has 0 radical (unpaired) electrons. The molecule has 0 amide bonds. The van der Waals surface area contributed by atoms with E-state index in [9.17, 15) is 8.42 Å². The number of hydrogen-bond acceptors (Lipinski definition) is 4. The molecule has 2 rings (SSSR count). The van der Waals surface area contributed by atoms with Gasteiger partial charge in [-0.2, -0.15) is 0 Å². The average molecular weight is 348 g/mol. The van der Waals surface area contributed by atoms with Gasteiger partial charge in [0.25, 0.3) is 0 Å². The Bertz CT molecular complexity index is 565. The Morgan fingerprint density at radius 3 is 2.63 bits per heavy atom. The highest BCUT2D eigenvalue weighted by Crippen LogP contribution is 2.36. The van der Waals surface area contributed by atoms with E-state index < -0.39 is 9.84 Å². The van der Waals surface area contributed by atoms with Crippen LogP contribution in [-0.2, 0) is 9.84 Å². The molecule has 1 N–H and O–H groups in total. The van der Waals surface area contributed by atoms with Crippen molar-refractivity contribution >= 4 is 25.8 Å². The predicted octanol–water partition coefficient (Wildman–Crippen LogP) is 2.68. The number of sulfone groups is 1. The van der Waals surface area contributed by atoms with Crippen molar-refractivity contribution in [3.8, 4) is 5.75 Å². The molecule has 0 bridgehead atoms. The van der Waals surface area contributed by atoms with E-state index in [1.807, 2.05) is 6.07 Å². The molecule has 0 spiro atoms. The molecule has 1 heterocycles. The molecule has 0 aromatic heterocycles. The fourth-order valence-corrected chi connectivity index (χ4v) is 4.05. The molecule has 19 heavy (non-hydrogen) atoms. The summed E-state index contributed by atoms with van der Waals surface area (Å²) >= 11 is 3.40. The first-order valence-corrected chi connectivity index (χ1v) is 8.93. The molecule has 1 atom stereocenters. The van der Waals surface area contributed by atoms with Gasteiger partial charge in [-0.25, -0.2) is 8.42 Å². The first-order chi connectivity index (χ1) is 8.93. The fraction of sp³-hybridized carbons (Fsp3) is 0.538. The van der Waals surface area contributed by atoms with Crippen molar-refractivity contribution in [2.75, 3.05) is 19.9 Å². The summed E-state index contributed by atoms with van der Waals surface area (Å²) in [5.74, 6) is 0.377. The summed E-state index contributed by atoms with van der Waals surface area (Å²) in [6.07, 6.45) is 4.57. The SMILES string of the molecule is COc1c(Br)cc(C2CCCCN2)cc1S(C)(=O)=O. The van der Waals surface area contributed by atoms with Crippen LogP contribution in [0.15, 0.2) is 21.5 Å². The van der Waals surface area contributed by atoms with Crippen molar-refractivity contribution in [2.45, 2.75) is 30.2 Å². The molecule has 1 fully saturated rings. The highest BCUT2D eigenvalue weighted by atomic mass is 79.9. The van der Waals surface area contributed by atoms with Crippen LogP contribution in [-0.4, -0.2) is 28.3 Å². The fourth-order valence-electron chi connectivity index (χ4n) is 2.40. The minimum atomic E-state index is -3.31. The quantitative estimate of drug-likeness (QED) is 0.913. The average Bonchev–Trinajstić information content (AvgIpc) is 2.37. The number of nitrogens with one attached hydrogen (secondary N) is 1. The summed E-state index contributed by atoms with van der Waals surface area (Å²) in [7, 11) is -1.83. The van der Waals surface area contributed by atoms with Crippen LogP contribution in [0.5, 0.6) is 5.75 Å². The lowest BCUT2D eigenvalue weighted by molar-refractivity contribution is 0.394. The van der Waals surface area contributed by atoms with E-state index in [1.165, 1.54) is 19.8 Å². The topological polar surface area (TPSA) is 55.4 Å². The monoisotopic (exact) mass is 347 g/mol. The summed E-state index contributed by atoms with van der Waals surface area (Å²) in [6.45, 7) is 0.975. The van der Waals surface area contributed by atoms with Crippen LogP contribution in [0.1, 0.15) is 30.9 Å². The first-order valence-electron chi connectivity index (χ1n) is 6.24. The summed E-state index contributed by atoms with van der Waals surface area (Å²) in [5.41, 5.74) is 0.993. The van der Waals surface area contributed by atoms with Crippen LogP contribution in [0, 0.1) is 0 Å². The lowest BCUT2D eigenvalue weighted by atomic mass is 9.97. The van der Waals surface area contributed by atoms with Gasteiger partial charge >= 0.3 is 0 Å². The molecule has 1 aromatic rings. The van der Waals surface area contributed by atoms with Gasteiger partial charge in [0.05, 0.1) is 11.6 Å². The van der Waals surface area contributed by atoms with Gasteiger partial charge in [-0.15, -0.1) is 0 Å². The third kappa shape index (κ3) is 3.30. The molecule has 1 aromatic carbocycles. The minimum absolute atomic E-state index is 0.219. The molecule has 1 aliphatic rings. The largest absolute Gasteiger partial charge is 0.494 e. The summed E-state index contributed by atoms with van der Waals surface area (Å²) in [4.78, 5) is 0.242. The first kappa shape index (κ1) is 14.8. The summed E-state index contributed by atoms with van der Waals surface area (Å²) < 4.78 is 29.6. The van der Waals surface area contributed by atoms with Gasteiger partial charge in [-0.3, -0.25) is 0 Å². The Hall–Kier alpha value is -0.590. The van der Waals surface area contributed by atoms with E-state index in [4.69, 9.17) is 4.74 Å². The zero-order valence-electron chi connectivity index (χ0n) is 11.1. The predicted molar refractivity (Wildman–Crippen MR) is 78.4 cm³/mol. The van der Waals surface area contributed by atoms with Crippen molar-refractivity contribution in [2.24, 2.45) is 0 Å². The van der Waals surface area contributed by atoms with Crippen molar-refractivity contribution in [1.29, 1.82) is 0 Å². The number of benzene rings is 1. The zero-order chi connectivity index (χ0) is 14.0. The van der Waals surface area contributed by atoms with Gasteiger partial charge in [-0.05, 0) is 53.0 Å². The van der Waals surface area contributed by atoms with E-state index in [1.54, 1.807) is 6.07 Å². The molecule has 1 aliphatic heterocycles. The van der Waals surface area contributed by atoms with Crippen molar-refractivity contribution in [1.82, 2.24) is 5.32 Å². The lowest BCUT2D eigenvalue weighted by Crippen LogP contribution is -2.27. The van der Waals surface area contributed by atoms with Crippen LogP contribution in [0.2, 0.25) is 0 Å². The van der Waals surface area contributed by atoms with Gasteiger partial charge in [0.2, 0.25) is 0 Å². The summed E-state index contributed by atoms with van der Waals surface area (Å²) in [6, 6.07) is 3.88. The number of halogens is 1. The van der Waals surface area contributed by atoms with Gasteiger partial charge in [-0.1, -0.05) is 6.42 Å². The second-order valence-electron chi connectivity index (χ2n) is 4.81. The molecule has 1 unspecified atom stereocenters. The standard InChI is InChI=1S/C13H18BrNO3S/c1-18-13-10(14)7-9(8-12(13)19(2,16)17)11-5-3-4-6-15-11/h7-8,11,15H,3-6H2,1-2H3. The van der Waals surface area contributed by atoms with Gasteiger partial charge in [0.1, 0.15) is 4.90 Å². The second-order valence-corrected chi connectivity index (χ2v) is 7.65. The molecule has 0 aliphatic carbocycles. The number of hydrogen-bond donors (Lipinski definition) is 1. The lowest BCUT2D eigenvalue weighted by Gasteiger charge is -2.25. The van der Waals surface area contributed by atoms with Gasteiger partial charge < -0.3 is 10.1 Å². The number of methoxy groups -OCH3 is 1. The maximum absolute atomic E-state index is 11.9. The van der Waals surface area contributed by atoms with Crippen LogP contribution in [0.3, 0.4) is 0 Å². The van der Waals surface area contributed by atoms with E-state index in [2.05, 4.69) is 21.2 Å². The van der Waals surface area contributed by atoms with E-state index >= 15 is 0 Å². The number of ether oxygens (including phenoxy) is 1. The zero-order valence-corrected chi connectivity index (χ0v) is 13.5. The third-order valence-electron chi connectivity index (χ3n) is 3.35. The normalized spacial score (nSPS) is 20.3. The van der Waals surface area contributed by atoms with Crippen LogP contribution >= 0.6 is 15.9 Å². The van der Waals surface area contributed by atoms with Crippen LogP contribution < -0.4 is 10.1 Å². The minimum Gasteiger partial charge on any atom is -0.494 e. The summed E-state index contributed by atoms with van der Waals surface area (Å²) in [5, 5.41) is 3.42. The van der Waals surface area contributed by atoms with Crippen molar-refractivity contribution in [3.63, 3.8) is 0 Å². The number of rotatable bonds is 3. The Morgan fingerprint density at radius 2 is 2.11 bits per heavy atom. The Balaban J connectivity index is 2.50. The van der Waals surface area contributed by atoms with Gasteiger partial charge in [0, 0.05) is 12.3 Å². The van der Waals surface area contributed by atoms with Gasteiger partial charge in [0.15, 0.2) is 15.6 Å².